The van der Waals surface area contributed by atoms with Gasteiger partial charge in [0.1, 0.15) is 6.61 Å². The van der Waals surface area contributed by atoms with Crippen molar-refractivity contribution in [2.24, 2.45) is 5.14 Å². The predicted octanol–water partition coefficient (Wildman–Crippen LogP) is 1.27. The average molecular weight is 308 g/mol. The number of hydrogen-bond donors (Lipinski definition) is 2. The molecule has 1 aromatic carbocycles. The van der Waals surface area contributed by atoms with E-state index in [4.69, 9.17) is 9.88 Å². The molecular formula is C12H18F2N2O3S. The van der Waals surface area contributed by atoms with Crippen molar-refractivity contribution in [3.05, 3.63) is 29.8 Å². The zero-order chi connectivity index (χ0) is 15.2. The predicted molar refractivity (Wildman–Crippen MR) is 71.1 cm³/mol. The minimum Gasteiger partial charge on any atom is -0.374 e. The van der Waals surface area contributed by atoms with Crippen LogP contribution in [0.4, 0.5) is 8.78 Å². The van der Waals surface area contributed by atoms with Gasteiger partial charge >= 0.3 is 0 Å². The quantitative estimate of drug-likeness (QED) is 0.709. The van der Waals surface area contributed by atoms with Crippen molar-refractivity contribution < 1.29 is 21.9 Å². The van der Waals surface area contributed by atoms with Crippen molar-refractivity contribution in [2.45, 2.75) is 24.3 Å². The summed E-state index contributed by atoms with van der Waals surface area (Å²) in [4.78, 5) is 0.0497. The molecule has 0 saturated carbocycles. The van der Waals surface area contributed by atoms with Crippen molar-refractivity contribution in [1.82, 2.24) is 5.32 Å². The molecule has 5 nitrogen and oxygen atoms in total. The molecule has 0 aliphatic heterocycles. The highest BCUT2D eigenvalue weighted by Crippen LogP contribution is 2.15. The van der Waals surface area contributed by atoms with E-state index in [1.54, 1.807) is 12.1 Å². The van der Waals surface area contributed by atoms with Crippen LogP contribution in [0.3, 0.4) is 0 Å². The largest absolute Gasteiger partial charge is 0.374 e. The van der Waals surface area contributed by atoms with Gasteiger partial charge in [0.25, 0.3) is 6.43 Å². The van der Waals surface area contributed by atoms with E-state index in [9.17, 15) is 17.2 Å². The maximum Gasteiger partial charge on any atom is 0.261 e. The molecule has 0 aromatic heterocycles. The average Bonchev–Trinajstić information content (AvgIpc) is 2.37. The van der Waals surface area contributed by atoms with Gasteiger partial charge in [-0.25, -0.2) is 22.3 Å². The highest BCUT2D eigenvalue weighted by molar-refractivity contribution is 7.89. The number of primary sulfonamides is 1. The lowest BCUT2D eigenvalue weighted by Crippen LogP contribution is -2.24. The van der Waals surface area contributed by atoms with Gasteiger partial charge in [0.05, 0.1) is 11.5 Å². The highest BCUT2D eigenvalue weighted by Gasteiger charge is 2.09. The fourth-order valence-electron chi connectivity index (χ4n) is 1.58. The number of benzene rings is 1. The Balaban J connectivity index is 2.42. The molecule has 1 unspecified atom stereocenters. The lowest BCUT2D eigenvalue weighted by molar-refractivity contribution is 0.0183. The summed E-state index contributed by atoms with van der Waals surface area (Å²) in [6.07, 6.45) is -2.46. The van der Waals surface area contributed by atoms with E-state index in [0.717, 1.165) is 5.56 Å². The van der Waals surface area contributed by atoms with Crippen LogP contribution in [0.25, 0.3) is 0 Å². The monoisotopic (exact) mass is 308 g/mol. The molecule has 0 saturated heterocycles. The second kappa shape index (κ2) is 7.63. The van der Waals surface area contributed by atoms with Crippen LogP contribution >= 0.6 is 0 Å². The van der Waals surface area contributed by atoms with Crippen LogP contribution in [0.2, 0.25) is 0 Å². The van der Waals surface area contributed by atoms with Crippen LogP contribution in [0.1, 0.15) is 18.5 Å². The smallest absolute Gasteiger partial charge is 0.261 e. The van der Waals surface area contributed by atoms with Gasteiger partial charge < -0.3 is 10.1 Å². The number of ether oxygens (including phenoxy) is 1. The van der Waals surface area contributed by atoms with Gasteiger partial charge in [-0.1, -0.05) is 12.1 Å². The summed E-state index contributed by atoms with van der Waals surface area (Å²) < 4.78 is 50.6. The van der Waals surface area contributed by atoms with Gasteiger partial charge in [-0.2, -0.15) is 0 Å². The van der Waals surface area contributed by atoms with Crippen molar-refractivity contribution in [3.63, 3.8) is 0 Å². The molecule has 20 heavy (non-hydrogen) atoms. The summed E-state index contributed by atoms with van der Waals surface area (Å²) in [5.41, 5.74) is 0.867. The van der Waals surface area contributed by atoms with E-state index in [-0.39, 0.29) is 17.5 Å². The molecule has 1 rings (SSSR count). The van der Waals surface area contributed by atoms with Crippen molar-refractivity contribution in [2.75, 3.05) is 19.8 Å². The van der Waals surface area contributed by atoms with E-state index >= 15 is 0 Å². The van der Waals surface area contributed by atoms with E-state index < -0.39 is 23.1 Å². The summed E-state index contributed by atoms with van der Waals surface area (Å²) in [6.45, 7) is 1.91. The first-order chi connectivity index (χ1) is 9.30. The Morgan fingerprint density at radius 1 is 1.30 bits per heavy atom. The summed E-state index contributed by atoms with van der Waals surface area (Å²) in [6, 6.07) is 6.10. The fourth-order valence-corrected chi connectivity index (χ4v) is 2.10. The van der Waals surface area contributed by atoms with Crippen molar-refractivity contribution in [3.8, 4) is 0 Å². The summed E-state index contributed by atoms with van der Waals surface area (Å²) >= 11 is 0. The molecule has 0 radical (unpaired) electrons. The molecule has 0 amide bonds. The van der Waals surface area contributed by atoms with Crippen LogP contribution in [0.5, 0.6) is 0 Å². The first kappa shape index (κ1) is 17.0. The number of rotatable bonds is 8. The van der Waals surface area contributed by atoms with Gasteiger partial charge in [0.15, 0.2) is 0 Å². The molecule has 0 aliphatic rings. The Morgan fingerprint density at radius 3 is 2.40 bits per heavy atom. The number of hydrogen-bond acceptors (Lipinski definition) is 4. The summed E-state index contributed by atoms with van der Waals surface area (Å²) in [5, 5.41) is 8.08. The second-order valence-corrected chi connectivity index (χ2v) is 5.82. The third-order valence-corrected chi connectivity index (χ3v) is 3.58. The van der Waals surface area contributed by atoms with Crippen LogP contribution in [0, 0.1) is 0 Å². The number of nitrogens with two attached hydrogens (primary N) is 1. The molecule has 8 heteroatoms. The normalized spacial score (nSPS) is 13.7. The molecule has 0 spiro atoms. The summed E-state index contributed by atoms with van der Waals surface area (Å²) in [7, 11) is -3.69. The molecule has 1 atom stereocenters. The van der Waals surface area contributed by atoms with Crippen LogP contribution in [0.15, 0.2) is 29.2 Å². The van der Waals surface area contributed by atoms with Gasteiger partial charge in [-0.05, 0) is 24.6 Å². The molecule has 0 aliphatic carbocycles. The number of halogens is 2. The third kappa shape index (κ3) is 5.91. The highest BCUT2D eigenvalue weighted by atomic mass is 32.2. The SMILES string of the molecule is CC(NCCOCC(F)F)c1ccc(S(N)(=O)=O)cc1. The zero-order valence-electron chi connectivity index (χ0n) is 11.1. The standard InChI is InChI=1S/C12H18F2N2O3S/c1-9(16-6-7-19-8-12(13)14)10-2-4-11(5-3-10)20(15,17)18/h2-5,9,12,16H,6-8H2,1H3,(H2,15,17,18). The Hall–Kier alpha value is -1.09. The van der Waals surface area contributed by atoms with Gasteiger partial charge in [-0.3, -0.25) is 0 Å². The first-order valence-electron chi connectivity index (χ1n) is 6.02. The third-order valence-electron chi connectivity index (χ3n) is 2.65. The molecule has 114 valence electrons. The van der Waals surface area contributed by atoms with Crippen molar-refractivity contribution in [1.29, 1.82) is 0 Å². The Morgan fingerprint density at radius 2 is 1.90 bits per heavy atom. The first-order valence-corrected chi connectivity index (χ1v) is 7.57. The number of nitrogens with one attached hydrogen (secondary N) is 1. The minimum atomic E-state index is -3.69. The Bertz CT molecular complexity index is 506. The minimum absolute atomic E-state index is 0.0497. The van der Waals surface area contributed by atoms with E-state index in [0.29, 0.717) is 6.54 Å². The van der Waals surface area contributed by atoms with E-state index in [1.807, 2.05) is 6.92 Å². The topological polar surface area (TPSA) is 81.4 Å². The van der Waals surface area contributed by atoms with E-state index in [2.05, 4.69) is 5.32 Å². The fraction of sp³-hybridized carbons (Fsp3) is 0.500. The number of alkyl halides is 2. The van der Waals surface area contributed by atoms with Crippen LogP contribution in [-0.4, -0.2) is 34.6 Å². The van der Waals surface area contributed by atoms with Crippen LogP contribution in [-0.2, 0) is 14.8 Å². The lowest BCUT2D eigenvalue weighted by atomic mass is 10.1. The lowest BCUT2D eigenvalue weighted by Gasteiger charge is -2.14. The molecular weight excluding hydrogens is 290 g/mol. The maximum absolute atomic E-state index is 11.8. The molecule has 0 bridgehead atoms. The molecule has 1 aromatic rings. The second-order valence-electron chi connectivity index (χ2n) is 4.26. The number of sulfonamides is 1. The zero-order valence-corrected chi connectivity index (χ0v) is 11.9. The van der Waals surface area contributed by atoms with Gasteiger partial charge in [0, 0.05) is 12.6 Å². The Kier molecular flexibility index (Phi) is 6.47. The van der Waals surface area contributed by atoms with E-state index in [1.165, 1.54) is 12.1 Å². The molecule has 3 N–H and O–H groups in total. The summed E-state index contributed by atoms with van der Waals surface area (Å²) in [5.74, 6) is 0. The van der Waals surface area contributed by atoms with Crippen molar-refractivity contribution >= 4 is 10.0 Å². The van der Waals surface area contributed by atoms with Gasteiger partial charge in [-0.15, -0.1) is 0 Å². The van der Waals surface area contributed by atoms with Crippen LogP contribution < -0.4 is 10.5 Å². The molecule has 0 heterocycles. The molecule has 0 fully saturated rings. The Labute approximate surface area is 117 Å². The maximum atomic E-state index is 11.8. The van der Waals surface area contributed by atoms with Gasteiger partial charge in [0.2, 0.25) is 10.0 Å².